The molecule has 0 radical (unpaired) electrons. The maximum Gasteiger partial charge on any atom is 0.272 e. The Hall–Kier alpha value is -1.79. The van der Waals surface area contributed by atoms with E-state index in [1.807, 2.05) is 23.1 Å². The number of aromatic nitrogens is 1. The molecule has 4 rings (SSSR count). The minimum absolute atomic E-state index is 0.0267. The van der Waals surface area contributed by atoms with Gasteiger partial charge >= 0.3 is 0 Å². The summed E-state index contributed by atoms with van der Waals surface area (Å²) in [5, 5.41) is 0.652. The Morgan fingerprint density at radius 1 is 1.23 bits per heavy atom. The lowest BCUT2D eigenvalue weighted by Crippen LogP contribution is -2.39. The molecule has 1 amide bonds. The molecule has 6 nitrogen and oxygen atoms in total. The molecule has 164 valence electrons. The van der Waals surface area contributed by atoms with Crippen LogP contribution in [-0.4, -0.2) is 47.6 Å². The number of carbonyl (C=O) groups is 1. The number of hydrogen-bond acceptors (Lipinski definition) is 5. The van der Waals surface area contributed by atoms with Crippen molar-refractivity contribution < 1.29 is 9.63 Å². The van der Waals surface area contributed by atoms with E-state index in [1.54, 1.807) is 6.20 Å². The zero-order chi connectivity index (χ0) is 21.4. The van der Waals surface area contributed by atoms with Gasteiger partial charge in [0.05, 0.1) is 5.02 Å². The van der Waals surface area contributed by atoms with Gasteiger partial charge in [0.1, 0.15) is 17.1 Å². The van der Waals surface area contributed by atoms with Crippen molar-refractivity contribution in [2.75, 3.05) is 31.1 Å². The Labute approximate surface area is 184 Å². The molecule has 1 aromatic rings. The largest absolute Gasteiger partial charge is 0.354 e. The normalized spacial score (nSPS) is 27.6. The van der Waals surface area contributed by atoms with E-state index in [-0.39, 0.29) is 11.5 Å². The third-order valence-corrected chi connectivity index (χ3v) is 7.18. The summed E-state index contributed by atoms with van der Waals surface area (Å²) in [6.07, 6.45) is 8.87. The van der Waals surface area contributed by atoms with E-state index in [0.717, 1.165) is 57.6 Å². The van der Waals surface area contributed by atoms with Gasteiger partial charge in [-0.1, -0.05) is 32.4 Å². The molecule has 7 heteroatoms. The quantitative estimate of drug-likeness (QED) is 0.760. The number of nitrogens with zero attached hydrogens (tertiary/aromatic N) is 3. The average molecular weight is 433 g/mol. The number of amides is 1. The molecule has 0 aromatic carbocycles. The van der Waals surface area contributed by atoms with Crippen LogP contribution in [0.15, 0.2) is 30.1 Å². The van der Waals surface area contributed by atoms with Crippen molar-refractivity contribution in [3.63, 3.8) is 0 Å². The Morgan fingerprint density at radius 2 is 2.00 bits per heavy atom. The van der Waals surface area contributed by atoms with E-state index in [9.17, 15) is 4.79 Å². The second kappa shape index (κ2) is 8.39. The molecule has 0 bridgehead atoms. The van der Waals surface area contributed by atoms with Crippen molar-refractivity contribution in [1.82, 2.24) is 15.4 Å². The van der Waals surface area contributed by atoms with Crippen molar-refractivity contribution in [2.24, 2.45) is 11.3 Å². The first kappa shape index (κ1) is 21.4. The number of anilines is 1. The summed E-state index contributed by atoms with van der Waals surface area (Å²) < 4.78 is 0. The van der Waals surface area contributed by atoms with Gasteiger partial charge in [0, 0.05) is 32.4 Å². The summed E-state index contributed by atoms with van der Waals surface area (Å²) >= 11 is 6.31. The Morgan fingerprint density at radius 3 is 2.70 bits per heavy atom. The predicted octanol–water partition coefficient (Wildman–Crippen LogP) is 4.17. The summed E-state index contributed by atoms with van der Waals surface area (Å²) in [6, 6.07) is 3.69. The van der Waals surface area contributed by atoms with Gasteiger partial charge in [-0.2, -0.15) is 0 Å². The maximum atomic E-state index is 13.2. The molecule has 1 N–H and O–H groups in total. The van der Waals surface area contributed by atoms with Gasteiger partial charge < -0.3 is 9.80 Å². The molecule has 3 aliphatic rings. The first-order valence-corrected chi connectivity index (χ1v) is 11.5. The summed E-state index contributed by atoms with van der Waals surface area (Å²) in [5.74, 6) is 1.53. The van der Waals surface area contributed by atoms with Crippen LogP contribution in [0.2, 0.25) is 5.02 Å². The highest BCUT2D eigenvalue weighted by atomic mass is 35.5. The molecule has 3 heterocycles. The Bertz CT molecular complexity index is 812. The number of rotatable bonds is 2. The molecule has 30 heavy (non-hydrogen) atoms. The molecule has 1 saturated carbocycles. The van der Waals surface area contributed by atoms with Gasteiger partial charge in [0.25, 0.3) is 5.91 Å². The molecule has 1 spiro atoms. The highest BCUT2D eigenvalue weighted by molar-refractivity contribution is 6.32. The molecule has 2 aliphatic heterocycles. The van der Waals surface area contributed by atoms with E-state index in [2.05, 4.69) is 36.1 Å². The second-order valence-corrected chi connectivity index (χ2v) is 10.3. The van der Waals surface area contributed by atoms with Gasteiger partial charge in [0.2, 0.25) is 0 Å². The van der Waals surface area contributed by atoms with Gasteiger partial charge in [-0.05, 0) is 61.6 Å². The first-order valence-electron chi connectivity index (χ1n) is 11.1. The molecule has 1 aromatic heterocycles. The standard InChI is InChI=1S/C23H33ClN4O2/c1-22(2,3)17-7-9-23(10-8-17)16-19(26-30-23)21(29)28-13-5-12-27(14-15-28)20-18(24)6-4-11-25-20/h4,6,11,16-17,26H,5,7-10,12-15H2,1-3H3. The van der Waals surface area contributed by atoms with Crippen LogP contribution < -0.4 is 10.4 Å². The first-order chi connectivity index (χ1) is 14.3. The van der Waals surface area contributed by atoms with Gasteiger partial charge in [-0.3, -0.25) is 15.1 Å². The van der Waals surface area contributed by atoms with E-state index in [4.69, 9.17) is 16.4 Å². The molecule has 0 unspecified atom stereocenters. The van der Waals surface area contributed by atoms with Gasteiger partial charge in [-0.25, -0.2) is 4.98 Å². The molecular formula is C23H33ClN4O2. The third-order valence-electron chi connectivity index (χ3n) is 6.88. The summed E-state index contributed by atoms with van der Waals surface area (Å²) in [6.45, 7) is 9.86. The Balaban J connectivity index is 1.38. The van der Waals surface area contributed by atoms with Crippen LogP contribution in [0.25, 0.3) is 0 Å². The SMILES string of the molecule is CC(C)(C)C1CCC2(C=C(C(=O)N3CCCN(c4ncccc4Cl)CC3)NO2)CC1. The summed E-state index contributed by atoms with van der Waals surface area (Å²) in [4.78, 5) is 27.6. The number of hydroxylamine groups is 1. The topological polar surface area (TPSA) is 57.7 Å². The Kier molecular flexibility index (Phi) is 5.99. The van der Waals surface area contributed by atoms with Crippen molar-refractivity contribution >= 4 is 23.3 Å². The van der Waals surface area contributed by atoms with Crippen LogP contribution in [0.3, 0.4) is 0 Å². The molecule has 1 aliphatic carbocycles. The van der Waals surface area contributed by atoms with Crippen LogP contribution in [-0.2, 0) is 9.63 Å². The van der Waals surface area contributed by atoms with E-state index in [1.165, 1.54) is 0 Å². The highest BCUT2D eigenvalue weighted by Crippen LogP contribution is 2.44. The summed E-state index contributed by atoms with van der Waals surface area (Å²) in [5.41, 5.74) is 3.55. The number of halogens is 1. The van der Waals surface area contributed by atoms with Crippen LogP contribution >= 0.6 is 11.6 Å². The third kappa shape index (κ3) is 4.45. The van der Waals surface area contributed by atoms with Crippen LogP contribution in [0.4, 0.5) is 5.82 Å². The fraction of sp³-hybridized carbons (Fsp3) is 0.652. The highest BCUT2D eigenvalue weighted by Gasteiger charge is 2.43. The number of nitrogens with one attached hydrogen (secondary N) is 1. The molecular weight excluding hydrogens is 400 g/mol. The summed E-state index contributed by atoms with van der Waals surface area (Å²) in [7, 11) is 0. The van der Waals surface area contributed by atoms with Crippen molar-refractivity contribution in [3.05, 3.63) is 35.1 Å². The van der Waals surface area contributed by atoms with Gasteiger partial charge in [-0.15, -0.1) is 0 Å². The average Bonchev–Trinajstić information content (AvgIpc) is 2.96. The monoisotopic (exact) mass is 432 g/mol. The lowest BCUT2D eigenvalue weighted by molar-refractivity contribution is -0.129. The lowest BCUT2D eigenvalue weighted by Gasteiger charge is -2.40. The lowest BCUT2D eigenvalue weighted by atomic mass is 9.68. The van der Waals surface area contributed by atoms with E-state index < -0.39 is 0 Å². The minimum atomic E-state index is -0.327. The van der Waals surface area contributed by atoms with Crippen molar-refractivity contribution in [3.8, 4) is 0 Å². The minimum Gasteiger partial charge on any atom is -0.354 e. The van der Waals surface area contributed by atoms with Crippen molar-refractivity contribution in [2.45, 2.75) is 58.5 Å². The second-order valence-electron chi connectivity index (χ2n) is 9.91. The van der Waals surface area contributed by atoms with E-state index >= 15 is 0 Å². The van der Waals surface area contributed by atoms with Gasteiger partial charge in [0.15, 0.2) is 0 Å². The smallest absolute Gasteiger partial charge is 0.272 e. The fourth-order valence-electron chi connectivity index (χ4n) is 4.92. The molecule has 2 fully saturated rings. The molecule has 0 atom stereocenters. The maximum absolute atomic E-state index is 13.2. The van der Waals surface area contributed by atoms with Crippen LogP contribution in [0, 0.1) is 11.3 Å². The zero-order valence-electron chi connectivity index (χ0n) is 18.3. The number of pyridine rings is 1. The fourth-order valence-corrected chi connectivity index (χ4v) is 5.16. The van der Waals surface area contributed by atoms with E-state index in [0.29, 0.717) is 28.6 Å². The predicted molar refractivity (Wildman–Crippen MR) is 119 cm³/mol. The number of hydrogen-bond donors (Lipinski definition) is 1. The zero-order valence-corrected chi connectivity index (χ0v) is 19.0. The molecule has 1 saturated heterocycles. The number of carbonyl (C=O) groups excluding carboxylic acids is 1. The van der Waals surface area contributed by atoms with Crippen molar-refractivity contribution in [1.29, 1.82) is 0 Å². The van der Waals surface area contributed by atoms with Crippen LogP contribution in [0.1, 0.15) is 52.9 Å². The van der Waals surface area contributed by atoms with Crippen LogP contribution in [0.5, 0.6) is 0 Å².